The van der Waals surface area contributed by atoms with Gasteiger partial charge in [-0.1, -0.05) is 26.7 Å². The molecule has 0 rings (SSSR count). The van der Waals surface area contributed by atoms with Gasteiger partial charge in [-0.2, -0.15) is 0 Å². The summed E-state index contributed by atoms with van der Waals surface area (Å²) >= 11 is 0. The van der Waals surface area contributed by atoms with Crippen LogP contribution in [0.2, 0.25) is 0 Å². The molecule has 2 atom stereocenters. The first-order chi connectivity index (χ1) is 7.51. The van der Waals surface area contributed by atoms with Gasteiger partial charge in [0.25, 0.3) is 0 Å². The highest BCUT2D eigenvalue weighted by Crippen LogP contribution is 2.16. The first-order valence-corrected chi connectivity index (χ1v) is 5.30. The van der Waals surface area contributed by atoms with E-state index in [2.05, 4.69) is 9.47 Å². The summed E-state index contributed by atoms with van der Waals surface area (Å²) in [4.78, 5) is 20.9. The van der Waals surface area contributed by atoms with Crippen molar-refractivity contribution in [2.45, 2.75) is 51.7 Å². The van der Waals surface area contributed by atoms with E-state index in [0.717, 1.165) is 0 Å². The molecule has 2 N–H and O–H groups in total. The highest BCUT2D eigenvalue weighted by atomic mass is 16.7. The fraction of sp³-hybridized carbons (Fsp3) is 0.800. The topological polar surface area (TPSA) is 93.1 Å². The molecule has 0 aromatic rings. The van der Waals surface area contributed by atoms with Crippen LogP contribution in [-0.2, 0) is 9.47 Å². The summed E-state index contributed by atoms with van der Waals surface area (Å²) < 4.78 is 9.27. The van der Waals surface area contributed by atoms with Gasteiger partial charge in [0.1, 0.15) is 12.2 Å². The largest absolute Gasteiger partial charge is 0.506 e. The SMILES string of the molecule is CCCC(OC(=O)O)C(CCC)OC(=O)O. The fourth-order valence-electron chi connectivity index (χ4n) is 1.47. The molecule has 6 nitrogen and oxygen atoms in total. The maximum Gasteiger partial charge on any atom is 0.506 e. The minimum Gasteiger partial charge on any atom is -0.450 e. The van der Waals surface area contributed by atoms with Crippen LogP contribution < -0.4 is 0 Å². The van der Waals surface area contributed by atoms with Crippen molar-refractivity contribution in [1.29, 1.82) is 0 Å². The summed E-state index contributed by atoms with van der Waals surface area (Å²) in [6.07, 6.45) is -1.98. The third-order valence-corrected chi connectivity index (χ3v) is 2.07. The van der Waals surface area contributed by atoms with Gasteiger partial charge >= 0.3 is 12.3 Å². The molecule has 0 aromatic carbocycles. The van der Waals surface area contributed by atoms with E-state index in [0.29, 0.717) is 25.7 Å². The van der Waals surface area contributed by atoms with Crippen LogP contribution in [0.15, 0.2) is 0 Å². The number of ether oxygens (including phenoxy) is 2. The van der Waals surface area contributed by atoms with Gasteiger partial charge in [-0.05, 0) is 12.8 Å². The number of carboxylic acid groups (broad SMARTS) is 2. The lowest BCUT2D eigenvalue weighted by molar-refractivity contribution is -0.0464. The molecule has 2 unspecified atom stereocenters. The molecule has 0 saturated heterocycles. The molecule has 6 heteroatoms. The predicted molar refractivity (Wildman–Crippen MR) is 55.6 cm³/mol. The van der Waals surface area contributed by atoms with Crippen LogP contribution in [0.25, 0.3) is 0 Å². The van der Waals surface area contributed by atoms with Crippen molar-refractivity contribution >= 4 is 12.3 Å². The lowest BCUT2D eigenvalue weighted by Crippen LogP contribution is -2.34. The molecule has 0 amide bonds. The summed E-state index contributed by atoms with van der Waals surface area (Å²) in [6, 6.07) is 0. The second-order valence-corrected chi connectivity index (χ2v) is 3.42. The maximum absolute atomic E-state index is 10.5. The average molecular weight is 234 g/mol. The Kier molecular flexibility index (Phi) is 7.07. The summed E-state index contributed by atoms with van der Waals surface area (Å²) in [6.45, 7) is 3.73. The zero-order valence-electron chi connectivity index (χ0n) is 9.51. The van der Waals surface area contributed by atoms with Crippen molar-refractivity contribution in [3.8, 4) is 0 Å². The zero-order valence-corrected chi connectivity index (χ0v) is 9.51. The van der Waals surface area contributed by atoms with E-state index in [1.807, 2.05) is 13.8 Å². The van der Waals surface area contributed by atoms with Gasteiger partial charge < -0.3 is 19.7 Å². The van der Waals surface area contributed by atoms with Crippen LogP contribution in [0.1, 0.15) is 39.5 Å². The normalized spacial score (nSPS) is 13.9. The van der Waals surface area contributed by atoms with E-state index in [1.54, 1.807) is 0 Å². The Balaban J connectivity index is 4.49. The van der Waals surface area contributed by atoms with E-state index >= 15 is 0 Å². The highest BCUT2D eigenvalue weighted by Gasteiger charge is 2.27. The molecular formula is C10H18O6. The van der Waals surface area contributed by atoms with Crippen molar-refractivity contribution < 1.29 is 29.3 Å². The average Bonchev–Trinajstić information content (AvgIpc) is 2.15. The highest BCUT2D eigenvalue weighted by molar-refractivity contribution is 5.58. The van der Waals surface area contributed by atoms with E-state index in [9.17, 15) is 9.59 Å². The van der Waals surface area contributed by atoms with Crippen molar-refractivity contribution in [2.24, 2.45) is 0 Å². The zero-order chi connectivity index (χ0) is 12.6. The molecule has 0 spiro atoms. The quantitative estimate of drug-likeness (QED) is 0.658. The van der Waals surface area contributed by atoms with E-state index in [1.165, 1.54) is 0 Å². The Bertz CT molecular complexity index is 203. The Hall–Kier alpha value is -1.46. The molecule has 94 valence electrons. The first-order valence-electron chi connectivity index (χ1n) is 5.30. The monoisotopic (exact) mass is 234 g/mol. The Morgan fingerprint density at radius 2 is 1.25 bits per heavy atom. The van der Waals surface area contributed by atoms with Crippen molar-refractivity contribution in [1.82, 2.24) is 0 Å². The Morgan fingerprint density at radius 3 is 1.44 bits per heavy atom. The summed E-state index contributed by atoms with van der Waals surface area (Å²) in [5.74, 6) is 0. The second-order valence-electron chi connectivity index (χ2n) is 3.42. The van der Waals surface area contributed by atoms with Crippen LogP contribution in [0, 0.1) is 0 Å². The molecule has 0 radical (unpaired) electrons. The van der Waals surface area contributed by atoms with Crippen LogP contribution in [0.3, 0.4) is 0 Å². The smallest absolute Gasteiger partial charge is 0.450 e. The third-order valence-electron chi connectivity index (χ3n) is 2.07. The predicted octanol–water partition coefficient (Wildman–Crippen LogP) is 2.71. The van der Waals surface area contributed by atoms with Gasteiger partial charge in [-0.15, -0.1) is 0 Å². The van der Waals surface area contributed by atoms with Crippen molar-refractivity contribution in [3.05, 3.63) is 0 Å². The van der Waals surface area contributed by atoms with Gasteiger partial charge in [0.2, 0.25) is 0 Å². The van der Waals surface area contributed by atoms with Gasteiger partial charge in [0.05, 0.1) is 0 Å². The summed E-state index contributed by atoms with van der Waals surface area (Å²) in [5.41, 5.74) is 0. The molecule has 0 saturated carbocycles. The molecule has 0 fully saturated rings. The van der Waals surface area contributed by atoms with E-state index in [-0.39, 0.29) is 0 Å². The third kappa shape index (κ3) is 6.10. The lowest BCUT2D eigenvalue weighted by atomic mass is 10.0. The minimum atomic E-state index is -1.41. The number of carbonyl (C=O) groups is 2. The van der Waals surface area contributed by atoms with Crippen molar-refractivity contribution in [3.63, 3.8) is 0 Å². The van der Waals surface area contributed by atoms with Crippen LogP contribution in [0.4, 0.5) is 9.59 Å². The van der Waals surface area contributed by atoms with Gasteiger partial charge in [-0.25, -0.2) is 9.59 Å². The van der Waals surface area contributed by atoms with E-state index < -0.39 is 24.5 Å². The number of hydrogen-bond donors (Lipinski definition) is 2. The second kappa shape index (κ2) is 7.78. The number of rotatable bonds is 7. The fourth-order valence-corrected chi connectivity index (χ4v) is 1.47. The first kappa shape index (κ1) is 14.5. The minimum absolute atomic E-state index is 0.449. The standard InChI is InChI=1S/C10H18O6/c1-3-5-7(15-9(11)12)8(6-4-2)16-10(13)14/h7-8H,3-6H2,1-2H3,(H,11,12)(H,13,14). The molecule has 0 aliphatic carbocycles. The van der Waals surface area contributed by atoms with Crippen LogP contribution in [0.5, 0.6) is 0 Å². The summed E-state index contributed by atoms with van der Waals surface area (Å²) in [7, 11) is 0. The Labute approximate surface area is 94.2 Å². The van der Waals surface area contributed by atoms with E-state index in [4.69, 9.17) is 10.2 Å². The van der Waals surface area contributed by atoms with Crippen LogP contribution in [-0.4, -0.2) is 34.7 Å². The van der Waals surface area contributed by atoms with Gasteiger partial charge in [-0.3, -0.25) is 0 Å². The Morgan fingerprint density at radius 1 is 0.938 bits per heavy atom. The molecule has 0 aliphatic heterocycles. The number of hydrogen-bond acceptors (Lipinski definition) is 4. The van der Waals surface area contributed by atoms with Gasteiger partial charge in [0.15, 0.2) is 0 Å². The maximum atomic E-state index is 10.5. The molecule has 0 heterocycles. The molecular weight excluding hydrogens is 216 g/mol. The van der Waals surface area contributed by atoms with Gasteiger partial charge in [0, 0.05) is 0 Å². The van der Waals surface area contributed by atoms with Crippen molar-refractivity contribution in [2.75, 3.05) is 0 Å². The lowest BCUT2D eigenvalue weighted by Gasteiger charge is -2.24. The molecule has 0 bridgehead atoms. The molecule has 0 aliphatic rings. The van der Waals surface area contributed by atoms with Crippen LogP contribution >= 0.6 is 0 Å². The molecule has 0 aromatic heterocycles. The summed E-state index contributed by atoms with van der Waals surface area (Å²) in [5, 5.41) is 17.1. The molecule has 16 heavy (non-hydrogen) atoms.